The topological polar surface area (TPSA) is 27.0 Å². The number of hydrogen-bond acceptors (Lipinski definition) is 3. The Morgan fingerprint density at radius 2 is 2.11 bits per heavy atom. The average Bonchev–Trinajstić information content (AvgIpc) is 2.77. The van der Waals surface area contributed by atoms with Crippen LogP contribution in [-0.4, -0.2) is 11.9 Å². The van der Waals surface area contributed by atoms with E-state index < -0.39 is 5.82 Å². The van der Waals surface area contributed by atoms with Gasteiger partial charge in [-0.05, 0) is 36.9 Å². The van der Waals surface area contributed by atoms with Crippen molar-refractivity contribution in [3.05, 3.63) is 56.5 Å². The third kappa shape index (κ3) is 3.77. The maximum Gasteiger partial charge on any atom is 0.140 e. The van der Waals surface area contributed by atoms with Crippen LogP contribution in [0.15, 0.2) is 30.3 Å². The van der Waals surface area contributed by atoms with Gasteiger partial charge < -0.3 is 0 Å². The van der Waals surface area contributed by atoms with E-state index in [9.17, 15) is 4.39 Å². The van der Waals surface area contributed by atoms with E-state index in [0.717, 1.165) is 16.4 Å². The maximum absolute atomic E-state index is 13.2. The Morgan fingerprint density at radius 3 is 2.74 bits per heavy atom. The number of nitrogens with zero attached hydrogens (tertiary/aromatic N) is 2. The summed E-state index contributed by atoms with van der Waals surface area (Å²) in [7, 11) is 1.98. The van der Waals surface area contributed by atoms with Crippen LogP contribution >= 0.6 is 22.9 Å². The maximum atomic E-state index is 13.2. The minimum absolute atomic E-state index is 0.0880. The minimum Gasteiger partial charge on any atom is -0.297 e. The van der Waals surface area contributed by atoms with Crippen LogP contribution in [0.3, 0.4) is 0 Å². The van der Waals surface area contributed by atoms with Crippen molar-refractivity contribution in [1.82, 2.24) is 4.90 Å². The summed E-state index contributed by atoms with van der Waals surface area (Å²) in [6.07, 6.45) is 0. The molecule has 0 amide bonds. The van der Waals surface area contributed by atoms with Gasteiger partial charge in [0.25, 0.3) is 0 Å². The zero-order chi connectivity index (χ0) is 13.8. The summed E-state index contributed by atoms with van der Waals surface area (Å²) in [6.45, 7) is 1.43. The third-order valence-corrected chi connectivity index (χ3v) is 3.87. The molecule has 0 aliphatic carbocycles. The molecule has 2 rings (SSSR count). The van der Waals surface area contributed by atoms with Gasteiger partial charge >= 0.3 is 0 Å². The summed E-state index contributed by atoms with van der Waals surface area (Å²) in [4.78, 5) is 3.27. The summed E-state index contributed by atoms with van der Waals surface area (Å²) < 4.78 is 14.0. The number of hydrogen-bond donors (Lipinski definition) is 0. The van der Waals surface area contributed by atoms with Crippen LogP contribution in [0.4, 0.5) is 4.39 Å². The largest absolute Gasteiger partial charge is 0.297 e. The Morgan fingerprint density at radius 1 is 1.32 bits per heavy atom. The van der Waals surface area contributed by atoms with Gasteiger partial charge in [-0.15, -0.1) is 11.3 Å². The van der Waals surface area contributed by atoms with E-state index in [0.29, 0.717) is 6.54 Å². The summed E-state index contributed by atoms with van der Waals surface area (Å²) in [5.41, 5.74) is 1.01. The number of rotatable bonds is 4. The number of thiophene rings is 1. The van der Waals surface area contributed by atoms with Crippen molar-refractivity contribution in [2.45, 2.75) is 13.1 Å². The van der Waals surface area contributed by atoms with E-state index in [1.165, 1.54) is 10.9 Å². The number of halogens is 2. The van der Waals surface area contributed by atoms with Gasteiger partial charge in [0.05, 0.1) is 9.90 Å². The predicted octanol–water partition coefficient (Wildman–Crippen LogP) is 4.04. The van der Waals surface area contributed by atoms with Crippen molar-refractivity contribution in [3.63, 3.8) is 0 Å². The van der Waals surface area contributed by atoms with Crippen molar-refractivity contribution >= 4 is 22.9 Å². The van der Waals surface area contributed by atoms with E-state index in [2.05, 4.69) is 4.90 Å². The van der Waals surface area contributed by atoms with E-state index in [1.807, 2.05) is 25.2 Å². The SMILES string of the molecule is CN(Cc1ccc(F)c(C#N)c1)Cc1ccc(Cl)s1. The molecule has 0 aliphatic heterocycles. The molecule has 2 aromatic rings. The van der Waals surface area contributed by atoms with E-state index in [4.69, 9.17) is 16.9 Å². The lowest BCUT2D eigenvalue weighted by molar-refractivity contribution is 0.322. The fourth-order valence-electron chi connectivity index (χ4n) is 1.83. The first kappa shape index (κ1) is 14.0. The van der Waals surface area contributed by atoms with Crippen LogP contribution in [0.25, 0.3) is 0 Å². The van der Waals surface area contributed by atoms with Gasteiger partial charge in [0.15, 0.2) is 0 Å². The monoisotopic (exact) mass is 294 g/mol. The first-order chi connectivity index (χ1) is 9.08. The Hall–Kier alpha value is -1.41. The molecule has 0 fully saturated rings. The third-order valence-electron chi connectivity index (χ3n) is 2.66. The van der Waals surface area contributed by atoms with Crippen molar-refractivity contribution in [2.75, 3.05) is 7.05 Å². The Labute approximate surface area is 120 Å². The summed E-state index contributed by atoms with van der Waals surface area (Å²) in [5, 5.41) is 8.80. The lowest BCUT2D eigenvalue weighted by atomic mass is 10.1. The van der Waals surface area contributed by atoms with E-state index in [-0.39, 0.29) is 5.56 Å². The van der Waals surface area contributed by atoms with Gasteiger partial charge in [-0.3, -0.25) is 4.90 Å². The van der Waals surface area contributed by atoms with Gasteiger partial charge in [-0.2, -0.15) is 5.26 Å². The van der Waals surface area contributed by atoms with Gasteiger partial charge in [0, 0.05) is 18.0 Å². The molecule has 0 unspecified atom stereocenters. The Bertz CT molecular complexity index is 618. The van der Waals surface area contributed by atoms with Crippen molar-refractivity contribution in [1.29, 1.82) is 5.26 Å². The van der Waals surface area contributed by atoms with Crippen molar-refractivity contribution in [2.24, 2.45) is 0 Å². The van der Waals surface area contributed by atoms with Crippen LogP contribution in [0.5, 0.6) is 0 Å². The molecular formula is C14H12ClFN2S. The molecule has 1 aromatic heterocycles. The molecule has 0 aliphatic rings. The quantitative estimate of drug-likeness (QED) is 0.851. The second-order valence-corrected chi connectivity index (χ2v) is 6.10. The summed E-state index contributed by atoms with van der Waals surface area (Å²) >= 11 is 7.43. The summed E-state index contributed by atoms with van der Waals surface area (Å²) in [5.74, 6) is -0.473. The van der Waals surface area contributed by atoms with Crippen LogP contribution < -0.4 is 0 Å². The molecule has 1 aromatic carbocycles. The smallest absolute Gasteiger partial charge is 0.140 e. The molecule has 19 heavy (non-hydrogen) atoms. The van der Waals surface area contributed by atoms with Gasteiger partial charge in [-0.25, -0.2) is 4.39 Å². The standard InChI is InChI=1S/C14H12ClFN2S/c1-18(9-12-3-5-14(15)19-12)8-10-2-4-13(16)11(6-10)7-17/h2-6H,8-9H2,1H3. The minimum atomic E-state index is -0.473. The fraction of sp³-hybridized carbons (Fsp3) is 0.214. The van der Waals surface area contributed by atoms with Gasteiger partial charge in [0.2, 0.25) is 0 Å². The summed E-state index contributed by atoms with van der Waals surface area (Å²) in [6, 6.07) is 10.4. The van der Waals surface area contributed by atoms with Gasteiger partial charge in [-0.1, -0.05) is 17.7 Å². The average molecular weight is 295 g/mol. The number of nitriles is 1. The molecule has 0 radical (unpaired) electrons. The molecule has 0 atom stereocenters. The van der Waals surface area contributed by atoms with Crippen LogP contribution in [0, 0.1) is 17.1 Å². The Balaban J connectivity index is 2.03. The highest BCUT2D eigenvalue weighted by atomic mass is 35.5. The van der Waals surface area contributed by atoms with Crippen molar-refractivity contribution < 1.29 is 4.39 Å². The van der Waals surface area contributed by atoms with Crippen LogP contribution in [-0.2, 0) is 13.1 Å². The lowest BCUT2D eigenvalue weighted by Gasteiger charge is -2.15. The molecule has 0 bridgehead atoms. The highest BCUT2D eigenvalue weighted by Crippen LogP contribution is 2.23. The van der Waals surface area contributed by atoms with E-state index in [1.54, 1.807) is 23.5 Å². The van der Waals surface area contributed by atoms with E-state index >= 15 is 0 Å². The second-order valence-electron chi connectivity index (χ2n) is 4.30. The zero-order valence-electron chi connectivity index (χ0n) is 10.4. The molecule has 0 spiro atoms. The first-order valence-electron chi connectivity index (χ1n) is 5.70. The molecular weight excluding hydrogens is 283 g/mol. The highest BCUT2D eigenvalue weighted by molar-refractivity contribution is 7.16. The normalized spacial score (nSPS) is 10.7. The van der Waals surface area contributed by atoms with Crippen molar-refractivity contribution in [3.8, 4) is 6.07 Å². The molecule has 2 nitrogen and oxygen atoms in total. The molecule has 5 heteroatoms. The van der Waals surface area contributed by atoms with Gasteiger partial charge in [0.1, 0.15) is 11.9 Å². The molecule has 0 N–H and O–H groups in total. The van der Waals surface area contributed by atoms with Crippen LogP contribution in [0.1, 0.15) is 16.0 Å². The molecule has 98 valence electrons. The highest BCUT2D eigenvalue weighted by Gasteiger charge is 2.07. The first-order valence-corrected chi connectivity index (χ1v) is 6.89. The molecule has 0 saturated heterocycles. The molecule has 0 saturated carbocycles. The number of benzene rings is 1. The Kier molecular flexibility index (Phi) is 4.54. The van der Waals surface area contributed by atoms with Crippen LogP contribution in [0.2, 0.25) is 4.34 Å². The zero-order valence-corrected chi connectivity index (χ0v) is 11.9. The predicted molar refractivity (Wildman–Crippen MR) is 75.6 cm³/mol. The lowest BCUT2D eigenvalue weighted by Crippen LogP contribution is -2.16. The fourth-order valence-corrected chi connectivity index (χ4v) is 2.99. The molecule has 1 heterocycles. The second kappa shape index (κ2) is 6.16.